The number of nitrogens with zero attached hydrogens (tertiary/aromatic N) is 1. The number of hydrogen-bond donors (Lipinski definition) is 1. The van der Waals surface area contributed by atoms with Crippen LogP contribution in [0, 0.1) is 0 Å². The molecule has 1 aromatic carbocycles. The van der Waals surface area contributed by atoms with Gasteiger partial charge < -0.3 is 10.2 Å². The van der Waals surface area contributed by atoms with Crippen molar-refractivity contribution in [2.75, 3.05) is 25.0 Å². The molecule has 1 N–H and O–H groups in total. The third-order valence-electron chi connectivity index (χ3n) is 3.69. The molecule has 1 atom stereocenters. The zero-order chi connectivity index (χ0) is 14.8. The van der Waals surface area contributed by atoms with Crippen LogP contribution in [0.25, 0.3) is 0 Å². The van der Waals surface area contributed by atoms with Crippen molar-refractivity contribution in [1.82, 2.24) is 5.32 Å². The number of benzene rings is 1. The van der Waals surface area contributed by atoms with E-state index in [1.807, 2.05) is 6.08 Å². The van der Waals surface area contributed by atoms with Gasteiger partial charge in [-0.3, -0.25) is 0 Å². The summed E-state index contributed by atoms with van der Waals surface area (Å²) in [5.41, 5.74) is 2.69. The Balaban J connectivity index is 2.59. The van der Waals surface area contributed by atoms with Gasteiger partial charge in [-0.05, 0) is 49.9 Å². The Bertz CT molecular complexity index is 370. The summed E-state index contributed by atoms with van der Waals surface area (Å²) in [6.07, 6.45) is 6.55. The van der Waals surface area contributed by atoms with Gasteiger partial charge in [0, 0.05) is 25.3 Å². The summed E-state index contributed by atoms with van der Waals surface area (Å²) in [5.74, 6) is 0. The zero-order valence-corrected chi connectivity index (χ0v) is 13.4. The molecule has 112 valence electrons. The summed E-state index contributed by atoms with van der Waals surface area (Å²) in [6.45, 7) is 10.4. The monoisotopic (exact) mass is 274 g/mol. The molecule has 0 amide bonds. The normalized spacial score (nSPS) is 12.2. The van der Waals surface area contributed by atoms with Gasteiger partial charge in [0.2, 0.25) is 0 Å². The lowest BCUT2D eigenvalue weighted by Crippen LogP contribution is -2.22. The predicted molar refractivity (Wildman–Crippen MR) is 90.5 cm³/mol. The SMILES string of the molecule is C=CCCCN(C)c1ccc(C(CC)NCCC)cc1. The van der Waals surface area contributed by atoms with E-state index in [2.05, 4.69) is 62.0 Å². The van der Waals surface area contributed by atoms with E-state index in [1.54, 1.807) is 0 Å². The molecule has 0 aliphatic carbocycles. The molecule has 0 spiro atoms. The van der Waals surface area contributed by atoms with E-state index < -0.39 is 0 Å². The highest BCUT2D eigenvalue weighted by atomic mass is 15.1. The van der Waals surface area contributed by atoms with E-state index in [9.17, 15) is 0 Å². The zero-order valence-electron chi connectivity index (χ0n) is 13.4. The van der Waals surface area contributed by atoms with Crippen LogP contribution in [0.5, 0.6) is 0 Å². The van der Waals surface area contributed by atoms with E-state index in [-0.39, 0.29) is 0 Å². The number of unbranched alkanes of at least 4 members (excludes halogenated alkanes) is 1. The Kier molecular flexibility index (Phi) is 8.05. The van der Waals surface area contributed by atoms with Gasteiger partial charge in [-0.15, -0.1) is 6.58 Å². The smallest absolute Gasteiger partial charge is 0.0363 e. The fourth-order valence-electron chi connectivity index (χ4n) is 2.38. The minimum atomic E-state index is 0.482. The Labute approximate surface area is 124 Å². The van der Waals surface area contributed by atoms with Gasteiger partial charge in [-0.1, -0.05) is 32.1 Å². The summed E-state index contributed by atoms with van der Waals surface area (Å²) >= 11 is 0. The lowest BCUT2D eigenvalue weighted by Gasteiger charge is -2.21. The molecule has 0 aliphatic rings. The summed E-state index contributed by atoms with van der Waals surface area (Å²) < 4.78 is 0. The summed E-state index contributed by atoms with van der Waals surface area (Å²) in [4.78, 5) is 2.31. The Morgan fingerprint density at radius 1 is 1.25 bits per heavy atom. The fourth-order valence-corrected chi connectivity index (χ4v) is 2.38. The molecule has 1 rings (SSSR count). The van der Waals surface area contributed by atoms with Crippen LogP contribution in [0.1, 0.15) is 51.1 Å². The highest BCUT2D eigenvalue weighted by molar-refractivity contribution is 5.47. The van der Waals surface area contributed by atoms with E-state index in [0.29, 0.717) is 6.04 Å². The second kappa shape index (κ2) is 9.60. The van der Waals surface area contributed by atoms with Gasteiger partial charge in [0.1, 0.15) is 0 Å². The molecule has 0 aliphatic heterocycles. The van der Waals surface area contributed by atoms with Crippen molar-refractivity contribution in [2.45, 2.75) is 45.6 Å². The summed E-state index contributed by atoms with van der Waals surface area (Å²) in [6, 6.07) is 9.47. The third-order valence-corrected chi connectivity index (χ3v) is 3.69. The van der Waals surface area contributed by atoms with Crippen LogP contribution in [-0.4, -0.2) is 20.1 Å². The van der Waals surface area contributed by atoms with Crippen molar-refractivity contribution < 1.29 is 0 Å². The van der Waals surface area contributed by atoms with Gasteiger partial charge >= 0.3 is 0 Å². The summed E-state index contributed by atoms with van der Waals surface area (Å²) in [5, 5.41) is 3.60. The van der Waals surface area contributed by atoms with Crippen molar-refractivity contribution in [2.24, 2.45) is 0 Å². The van der Waals surface area contributed by atoms with Crippen LogP contribution in [-0.2, 0) is 0 Å². The van der Waals surface area contributed by atoms with Crippen LogP contribution >= 0.6 is 0 Å². The number of hydrogen-bond acceptors (Lipinski definition) is 2. The maximum absolute atomic E-state index is 3.77. The fraction of sp³-hybridized carbons (Fsp3) is 0.556. The molecule has 0 aromatic heterocycles. The van der Waals surface area contributed by atoms with E-state index in [0.717, 1.165) is 32.4 Å². The minimum Gasteiger partial charge on any atom is -0.375 e. The first-order chi connectivity index (χ1) is 9.72. The number of nitrogens with one attached hydrogen (secondary N) is 1. The lowest BCUT2D eigenvalue weighted by molar-refractivity contribution is 0.518. The molecule has 2 nitrogen and oxygen atoms in total. The molecular weight excluding hydrogens is 244 g/mol. The predicted octanol–water partition coefficient (Wildman–Crippen LogP) is 4.54. The van der Waals surface area contributed by atoms with Gasteiger partial charge in [-0.2, -0.15) is 0 Å². The first-order valence-corrected chi connectivity index (χ1v) is 7.88. The standard InChI is InChI=1S/C18H30N2/c1-5-8-9-15-20(4)17-12-10-16(11-13-17)18(7-3)19-14-6-2/h5,10-13,18-19H,1,6-9,14-15H2,2-4H3. The van der Waals surface area contributed by atoms with Crippen molar-refractivity contribution in [3.8, 4) is 0 Å². The summed E-state index contributed by atoms with van der Waals surface area (Å²) in [7, 11) is 2.16. The topological polar surface area (TPSA) is 15.3 Å². The van der Waals surface area contributed by atoms with E-state index in [4.69, 9.17) is 0 Å². The van der Waals surface area contributed by atoms with Crippen LogP contribution in [0.3, 0.4) is 0 Å². The largest absolute Gasteiger partial charge is 0.375 e. The molecule has 0 fully saturated rings. The highest BCUT2D eigenvalue weighted by Crippen LogP contribution is 2.21. The van der Waals surface area contributed by atoms with E-state index in [1.165, 1.54) is 17.7 Å². The minimum absolute atomic E-state index is 0.482. The average molecular weight is 274 g/mol. The maximum atomic E-state index is 3.77. The van der Waals surface area contributed by atoms with Gasteiger partial charge in [0.25, 0.3) is 0 Å². The van der Waals surface area contributed by atoms with Crippen LogP contribution in [0.4, 0.5) is 5.69 Å². The second-order valence-corrected chi connectivity index (χ2v) is 5.36. The van der Waals surface area contributed by atoms with Gasteiger partial charge in [0.15, 0.2) is 0 Å². The van der Waals surface area contributed by atoms with E-state index >= 15 is 0 Å². The quantitative estimate of drug-likeness (QED) is 0.498. The Hall–Kier alpha value is -1.28. The molecule has 0 bridgehead atoms. The number of allylic oxidation sites excluding steroid dienone is 1. The first-order valence-electron chi connectivity index (χ1n) is 7.88. The Morgan fingerprint density at radius 2 is 1.95 bits per heavy atom. The van der Waals surface area contributed by atoms with Gasteiger partial charge in [-0.25, -0.2) is 0 Å². The molecule has 20 heavy (non-hydrogen) atoms. The van der Waals surface area contributed by atoms with Crippen molar-refractivity contribution in [1.29, 1.82) is 0 Å². The average Bonchev–Trinajstić information content (AvgIpc) is 2.49. The molecule has 0 saturated heterocycles. The molecule has 0 saturated carbocycles. The molecule has 1 unspecified atom stereocenters. The molecular formula is C18H30N2. The molecule has 1 aromatic rings. The molecule has 0 heterocycles. The van der Waals surface area contributed by atoms with Crippen LogP contribution in [0.2, 0.25) is 0 Å². The van der Waals surface area contributed by atoms with Crippen LogP contribution < -0.4 is 10.2 Å². The third kappa shape index (κ3) is 5.38. The van der Waals surface area contributed by atoms with Crippen molar-refractivity contribution >= 4 is 5.69 Å². The maximum Gasteiger partial charge on any atom is 0.0363 e. The van der Waals surface area contributed by atoms with Crippen molar-refractivity contribution in [3.05, 3.63) is 42.5 Å². The number of anilines is 1. The Morgan fingerprint density at radius 3 is 2.50 bits per heavy atom. The molecule has 2 heteroatoms. The second-order valence-electron chi connectivity index (χ2n) is 5.36. The molecule has 0 radical (unpaired) electrons. The number of rotatable bonds is 10. The van der Waals surface area contributed by atoms with Crippen molar-refractivity contribution in [3.63, 3.8) is 0 Å². The van der Waals surface area contributed by atoms with Gasteiger partial charge in [0.05, 0.1) is 0 Å². The highest BCUT2D eigenvalue weighted by Gasteiger charge is 2.08. The van der Waals surface area contributed by atoms with Crippen LogP contribution in [0.15, 0.2) is 36.9 Å². The lowest BCUT2D eigenvalue weighted by atomic mass is 10.0. The first kappa shape index (κ1) is 16.8.